The monoisotopic (exact) mass is 237 g/mol. The zero-order valence-corrected chi connectivity index (χ0v) is 9.65. The molecule has 0 radical (unpaired) electrons. The Hall–Kier alpha value is -1.39. The van der Waals surface area contributed by atoms with Crippen LogP contribution in [-0.4, -0.2) is 19.9 Å². The minimum atomic E-state index is -0.122. The first-order chi connectivity index (χ1) is 7.70. The Labute approximate surface area is 98.5 Å². The molecular formula is C11H12ClN3O. The van der Waals surface area contributed by atoms with Crippen molar-refractivity contribution in [3.05, 3.63) is 46.5 Å². The molecule has 0 atom stereocenters. The van der Waals surface area contributed by atoms with Crippen molar-refractivity contribution >= 4 is 11.6 Å². The molecule has 0 aliphatic carbocycles. The number of benzene rings is 1. The number of halogens is 1. The van der Waals surface area contributed by atoms with Crippen LogP contribution in [0.5, 0.6) is 0 Å². The van der Waals surface area contributed by atoms with Gasteiger partial charge in [0.1, 0.15) is 12.9 Å². The Kier molecular flexibility index (Phi) is 3.22. The third kappa shape index (κ3) is 2.23. The quantitative estimate of drug-likeness (QED) is 0.886. The fourth-order valence-corrected chi connectivity index (χ4v) is 1.78. The molecule has 1 N–H and O–H groups in total. The maximum absolute atomic E-state index is 9.04. The average molecular weight is 238 g/mol. The van der Waals surface area contributed by atoms with E-state index in [4.69, 9.17) is 16.7 Å². The van der Waals surface area contributed by atoms with E-state index in [0.717, 1.165) is 11.1 Å². The van der Waals surface area contributed by atoms with Crippen molar-refractivity contribution < 1.29 is 5.11 Å². The van der Waals surface area contributed by atoms with Gasteiger partial charge in [-0.1, -0.05) is 23.7 Å². The average Bonchev–Trinajstić information content (AvgIpc) is 2.69. The van der Waals surface area contributed by atoms with E-state index in [9.17, 15) is 0 Å². The fraction of sp³-hybridized carbons (Fsp3) is 0.273. The van der Waals surface area contributed by atoms with Gasteiger partial charge in [-0.15, -0.1) is 0 Å². The van der Waals surface area contributed by atoms with E-state index in [1.807, 2.05) is 25.1 Å². The fourth-order valence-electron chi connectivity index (χ4n) is 1.48. The van der Waals surface area contributed by atoms with Crippen LogP contribution in [0.25, 0.3) is 0 Å². The number of nitrogens with zero attached hydrogens (tertiary/aromatic N) is 3. The van der Waals surface area contributed by atoms with Gasteiger partial charge < -0.3 is 5.11 Å². The van der Waals surface area contributed by atoms with Crippen molar-refractivity contribution in [3.8, 4) is 0 Å². The van der Waals surface area contributed by atoms with E-state index >= 15 is 0 Å². The van der Waals surface area contributed by atoms with Crippen LogP contribution in [0.2, 0.25) is 5.02 Å². The molecule has 0 amide bonds. The summed E-state index contributed by atoms with van der Waals surface area (Å²) < 4.78 is 1.64. The molecule has 84 valence electrons. The number of aromatic nitrogens is 3. The summed E-state index contributed by atoms with van der Waals surface area (Å²) >= 11 is 6.12. The van der Waals surface area contributed by atoms with Gasteiger partial charge in [0.2, 0.25) is 0 Å². The first kappa shape index (κ1) is 11.1. The van der Waals surface area contributed by atoms with Gasteiger partial charge >= 0.3 is 0 Å². The van der Waals surface area contributed by atoms with Gasteiger partial charge in [0.15, 0.2) is 5.82 Å². The van der Waals surface area contributed by atoms with E-state index in [2.05, 4.69) is 10.1 Å². The van der Waals surface area contributed by atoms with E-state index in [1.54, 1.807) is 4.68 Å². The van der Waals surface area contributed by atoms with Crippen LogP contribution in [0.15, 0.2) is 24.5 Å². The van der Waals surface area contributed by atoms with Crippen LogP contribution in [0, 0.1) is 6.92 Å². The number of aliphatic hydroxyl groups excluding tert-OH is 1. The van der Waals surface area contributed by atoms with Crippen LogP contribution < -0.4 is 0 Å². The summed E-state index contributed by atoms with van der Waals surface area (Å²) in [5.41, 5.74) is 2.09. The van der Waals surface area contributed by atoms with Gasteiger partial charge in [-0.25, -0.2) is 9.67 Å². The van der Waals surface area contributed by atoms with Crippen LogP contribution in [-0.2, 0) is 13.2 Å². The summed E-state index contributed by atoms with van der Waals surface area (Å²) in [6.07, 6.45) is 1.42. The predicted molar refractivity (Wildman–Crippen MR) is 61.2 cm³/mol. The van der Waals surface area contributed by atoms with Crippen molar-refractivity contribution in [2.24, 2.45) is 0 Å². The van der Waals surface area contributed by atoms with Crippen molar-refractivity contribution in [2.45, 2.75) is 20.1 Å². The van der Waals surface area contributed by atoms with Crippen molar-refractivity contribution in [3.63, 3.8) is 0 Å². The second-order valence-corrected chi connectivity index (χ2v) is 3.99. The zero-order valence-electron chi connectivity index (χ0n) is 8.89. The van der Waals surface area contributed by atoms with Gasteiger partial charge in [-0.05, 0) is 24.1 Å². The molecule has 1 heterocycles. The zero-order chi connectivity index (χ0) is 11.5. The lowest BCUT2D eigenvalue weighted by atomic mass is 10.1. The highest BCUT2D eigenvalue weighted by molar-refractivity contribution is 6.31. The Morgan fingerprint density at radius 1 is 1.44 bits per heavy atom. The minimum absolute atomic E-state index is 0.122. The Balaban J connectivity index is 2.27. The molecule has 2 aromatic rings. The Morgan fingerprint density at radius 2 is 2.25 bits per heavy atom. The van der Waals surface area contributed by atoms with Crippen LogP contribution in [0.1, 0.15) is 17.0 Å². The van der Waals surface area contributed by atoms with E-state index in [0.29, 0.717) is 17.4 Å². The third-order valence-electron chi connectivity index (χ3n) is 2.37. The lowest BCUT2D eigenvalue weighted by molar-refractivity contribution is 0.264. The molecule has 4 nitrogen and oxygen atoms in total. The van der Waals surface area contributed by atoms with Crippen molar-refractivity contribution in [2.75, 3.05) is 0 Å². The highest BCUT2D eigenvalue weighted by Gasteiger charge is 2.06. The van der Waals surface area contributed by atoms with Crippen LogP contribution in [0.3, 0.4) is 0 Å². The SMILES string of the molecule is Cc1ccc(Cn2ncnc2CO)c(Cl)c1. The number of aliphatic hydroxyl groups is 1. The summed E-state index contributed by atoms with van der Waals surface area (Å²) in [5.74, 6) is 0.539. The number of aryl methyl sites for hydroxylation is 1. The van der Waals surface area contributed by atoms with Crippen molar-refractivity contribution in [1.82, 2.24) is 14.8 Å². The van der Waals surface area contributed by atoms with Gasteiger partial charge in [-0.2, -0.15) is 5.10 Å². The molecule has 0 bridgehead atoms. The number of hydrogen-bond donors (Lipinski definition) is 1. The molecule has 16 heavy (non-hydrogen) atoms. The summed E-state index contributed by atoms with van der Waals surface area (Å²) in [5, 5.41) is 13.8. The summed E-state index contributed by atoms with van der Waals surface area (Å²) in [4.78, 5) is 3.94. The molecule has 0 spiro atoms. The number of hydrogen-bond acceptors (Lipinski definition) is 3. The second-order valence-electron chi connectivity index (χ2n) is 3.59. The molecule has 1 aromatic heterocycles. The highest BCUT2D eigenvalue weighted by Crippen LogP contribution is 2.18. The smallest absolute Gasteiger partial charge is 0.152 e. The molecule has 0 aliphatic rings. The highest BCUT2D eigenvalue weighted by atomic mass is 35.5. The van der Waals surface area contributed by atoms with Crippen LogP contribution in [0.4, 0.5) is 0 Å². The first-order valence-electron chi connectivity index (χ1n) is 4.93. The number of rotatable bonds is 3. The second kappa shape index (κ2) is 4.63. The maximum Gasteiger partial charge on any atom is 0.152 e. The lowest BCUT2D eigenvalue weighted by Gasteiger charge is -2.07. The van der Waals surface area contributed by atoms with E-state index in [1.165, 1.54) is 6.33 Å². The van der Waals surface area contributed by atoms with Gasteiger partial charge in [-0.3, -0.25) is 0 Å². The van der Waals surface area contributed by atoms with Gasteiger partial charge in [0, 0.05) is 5.02 Å². The van der Waals surface area contributed by atoms with Crippen LogP contribution >= 0.6 is 11.6 Å². The molecule has 0 saturated carbocycles. The third-order valence-corrected chi connectivity index (χ3v) is 2.72. The molecule has 0 unspecified atom stereocenters. The molecule has 0 fully saturated rings. The summed E-state index contributed by atoms with van der Waals surface area (Å²) in [7, 11) is 0. The topological polar surface area (TPSA) is 50.9 Å². The molecule has 0 saturated heterocycles. The summed E-state index contributed by atoms with van der Waals surface area (Å²) in [6.45, 7) is 2.39. The standard InChI is InChI=1S/C11H12ClN3O/c1-8-2-3-9(10(12)4-8)5-15-11(6-16)13-7-14-15/h2-4,7,16H,5-6H2,1H3. The van der Waals surface area contributed by atoms with Crippen molar-refractivity contribution in [1.29, 1.82) is 0 Å². The Bertz CT molecular complexity index is 496. The molecule has 0 aliphatic heterocycles. The Morgan fingerprint density at radius 3 is 2.94 bits per heavy atom. The summed E-state index contributed by atoms with van der Waals surface area (Å²) in [6, 6.07) is 5.86. The van der Waals surface area contributed by atoms with Gasteiger partial charge in [0.25, 0.3) is 0 Å². The minimum Gasteiger partial charge on any atom is -0.388 e. The lowest BCUT2D eigenvalue weighted by Crippen LogP contribution is -2.07. The molecule has 2 rings (SSSR count). The molecule has 1 aromatic carbocycles. The largest absolute Gasteiger partial charge is 0.388 e. The maximum atomic E-state index is 9.04. The molecular weight excluding hydrogens is 226 g/mol. The predicted octanol–water partition coefficient (Wildman–Crippen LogP) is 1.78. The molecule has 5 heteroatoms. The van der Waals surface area contributed by atoms with E-state index in [-0.39, 0.29) is 6.61 Å². The normalized spacial score (nSPS) is 10.7. The van der Waals surface area contributed by atoms with E-state index < -0.39 is 0 Å². The first-order valence-corrected chi connectivity index (χ1v) is 5.31. The van der Waals surface area contributed by atoms with Gasteiger partial charge in [0.05, 0.1) is 6.54 Å².